The maximum atomic E-state index is 11.8. The highest BCUT2D eigenvalue weighted by Crippen LogP contribution is 2.43. The molecule has 0 amide bonds. The Morgan fingerprint density at radius 2 is 2.03 bits per heavy atom. The number of ether oxygens (including phenoxy) is 1. The molecule has 1 saturated heterocycles. The van der Waals surface area contributed by atoms with Gasteiger partial charge in [0.25, 0.3) is 0 Å². The molecule has 36 heavy (non-hydrogen) atoms. The zero-order chi connectivity index (χ0) is 25.3. The Balaban J connectivity index is 1.60. The van der Waals surface area contributed by atoms with Crippen LogP contribution < -0.4 is 19.7 Å². The number of sulfonamides is 1. The first-order valence-corrected chi connectivity index (χ1v) is 13.5. The summed E-state index contributed by atoms with van der Waals surface area (Å²) in [6.45, 7) is 0.557. The molecule has 1 fully saturated rings. The fourth-order valence-electron chi connectivity index (χ4n) is 4.46. The lowest BCUT2D eigenvalue weighted by Gasteiger charge is -2.29. The number of hydrogen-bond donors (Lipinski definition) is 2. The second-order valence-corrected chi connectivity index (χ2v) is 10.5. The van der Waals surface area contributed by atoms with Crippen molar-refractivity contribution in [3.63, 3.8) is 0 Å². The summed E-state index contributed by atoms with van der Waals surface area (Å²) in [5, 5.41) is 3.96. The van der Waals surface area contributed by atoms with Crippen molar-refractivity contribution in [2.75, 3.05) is 23.0 Å². The number of pyridine rings is 1. The molecule has 3 aromatic heterocycles. The molecule has 0 unspecified atom stereocenters. The average Bonchev–Trinajstić information content (AvgIpc) is 3.60. The molecule has 1 aromatic carbocycles. The van der Waals surface area contributed by atoms with E-state index >= 15 is 0 Å². The van der Waals surface area contributed by atoms with E-state index in [1.54, 1.807) is 24.6 Å². The lowest BCUT2D eigenvalue weighted by Crippen LogP contribution is -2.30. The van der Waals surface area contributed by atoms with Gasteiger partial charge in [-0.25, -0.2) is 8.42 Å². The predicted octanol–water partition coefficient (Wildman–Crippen LogP) is 4.08. The van der Waals surface area contributed by atoms with Crippen LogP contribution in [0.5, 0.6) is 5.75 Å². The van der Waals surface area contributed by atoms with Crippen molar-refractivity contribution in [3.05, 3.63) is 96.5 Å². The molecule has 5 rings (SSSR count). The molecule has 2 N–H and O–H groups in total. The zero-order valence-corrected chi connectivity index (χ0v) is 21.3. The fraction of sp³-hybridized carbons (Fsp3) is 0.200. The summed E-state index contributed by atoms with van der Waals surface area (Å²) < 4.78 is 39.3. The number of hydrogen-bond acceptors (Lipinski definition) is 6. The van der Waals surface area contributed by atoms with E-state index in [0.29, 0.717) is 23.1 Å². The van der Waals surface area contributed by atoms with Crippen LogP contribution in [-0.2, 0) is 16.6 Å². The number of benzene rings is 1. The van der Waals surface area contributed by atoms with Gasteiger partial charge in [0, 0.05) is 29.8 Å². The van der Waals surface area contributed by atoms with Crippen molar-refractivity contribution < 1.29 is 17.6 Å². The van der Waals surface area contributed by atoms with Gasteiger partial charge < -0.3 is 23.9 Å². The lowest BCUT2D eigenvalue weighted by molar-refractivity contribution is 0.416. The third-order valence-corrected chi connectivity index (χ3v) is 6.84. The summed E-state index contributed by atoms with van der Waals surface area (Å²) in [6.07, 6.45) is 6.52. The van der Waals surface area contributed by atoms with Crippen LogP contribution in [0.15, 0.2) is 83.7 Å². The van der Waals surface area contributed by atoms with Gasteiger partial charge in [0.05, 0.1) is 43.6 Å². The Hall–Kier alpha value is -3.83. The van der Waals surface area contributed by atoms with Crippen molar-refractivity contribution in [2.24, 2.45) is 0 Å². The summed E-state index contributed by atoms with van der Waals surface area (Å²) in [5.41, 5.74) is 2.95. The maximum absolute atomic E-state index is 11.8. The van der Waals surface area contributed by atoms with Crippen LogP contribution >= 0.6 is 12.2 Å². The van der Waals surface area contributed by atoms with Gasteiger partial charge in [-0.2, -0.15) is 0 Å². The van der Waals surface area contributed by atoms with E-state index in [1.807, 2.05) is 53.6 Å². The Kier molecular flexibility index (Phi) is 6.42. The molecular weight excluding hydrogens is 498 g/mol. The molecule has 4 heterocycles. The van der Waals surface area contributed by atoms with E-state index in [0.717, 1.165) is 29.1 Å². The molecule has 1 aliphatic rings. The minimum Gasteiger partial charge on any atom is -0.494 e. The Morgan fingerprint density at radius 3 is 2.72 bits per heavy atom. The summed E-state index contributed by atoms with van der Waals surface area (Å²) >= 11 is 5.82. The standard InChI is InChI=1S/C25H25N5O4S2/c1-33-22-15-17(10-11-19(22)28-36(2,31)32)30-24(23(27-25(30)35)20-8-3-4-12-26-20)21-9-5-13-29(21)16-18-7-6-14-34-18/h3-15,23-24,28H,16H2,1-2H3,(H,27,35)/t23-,24-/m1/s1. The molecule has 0 spiro atoms. The second-order valence-electron chi connectivity index (χ2n) is 8.40. The number of thiocarbonyl (C=S) groups is 1. The monoisotopic (exact) mass is 523 g/mol. The van der Waals surface area contributed by atoms with Gasteiger partial charge in [-0.3, -0.25) is 9.71 Å². The largest absolute Gasteiger partial charge is 0.494 e. The van der Waals surface area contributed by atoms with Gasteiger partial charge in [0.2, 0.25) is 10.0 Å². The highest BCUT2D eigenvalue weighted by molar-refractivity contribution is 7.92. The molecule has 1 aliphatic heterocycles. The first-order chi connectivity index (χ1) is 17.3. The molecule has 9 nitrogen and oxygen atoms in total. The normalized spacial score (nSPS) is 17.7. The van der Waals surface area contributed by atoms with E-state index in [-0.39, 0.29) is 12.1 Å². The summed E-state index contributed by atoms with van der Waals surface area (Å²) in [5.74, 6) is 1.21. The van der Waals surface area contributed by atoms with Gasteiger partial charge in [-0.05, 0) is 60.7 Å². The highest BCUT2D eigenvalue weighted by atomic mass is 32.2. The smallest absolute Gasteiger partial charge is 0.229 e. The first-order valence-electron chi connectivity index (χ1n) is 11.2. The molecule has 11 heteroatoms. The topological polar surface area (TPSA) is 102 Å². The third-order valence-electron chi connectivity index (χ3n) is 5.93. The summed E-state index contributed by atoms with van der Waals surface area (Å²) in [4.78, 5) is 6.61. The molecule has 0 bridgehead atoms. The van der Waals surface area contributed by atoms with E-state index in [9.17, 15) is 8.42 Å². The van der Waals surface area contributed by atoms with E-state index < -0.39 is 10.0 Å². The Morgan fingerprint density at radius 1 is 1.17 bits per heavy atom. The van der Waals surface area contributed by atoms with Gasteiger partial charge in [0.15, 0.2) is 5.11 Å². The van der Waals surface area contributed by atoms with Gasteiger partial charge in [0.1, 0.15) is 17.6 Å². The summed E-state index contributed by atoms with van der Waals surface area (Å²) in [6, 6.07) is 18.4. The molecule has 0 saturated carbocycles. The van der Waals surface area contributed by atoms with Gasteiger partial charge >= 0.3 is 0 Å². The summed E-state index contributed by atoms with van der Waals surface area (Å²) in [7, 11) is -1.98. The Bertz CT molecular complexity index is 1470. The van der Waals surface area contributed by atoms with Crippen molar-refractivity contribution >= 4 is 38.7 Å². The predicted molar refractivity (Wildman–Crippen MR) is 142 cm³/mol. The van der Waals surface area contributed by atoms with Crippen LogP contribution in [0.2, 0.25) is 0 Å². The van der Waals surface area contributed by atoms with Crippen molar-refractivity contribution in [2.45, 2.75) is 18.6 Å². The van der Waals surface area contributed by atoms with Crippen LogP contribution in [-0.4, -0.2) is 36.4 Å². The molecule has 2 atom stereocenters. The quantitative estimate of drug-likeness (QED) is 0.333. The Labute approximate surface area is 214 Å². The molecule has 4 aromatic rings. The average molecular weight is 524 g/mol. The number of rotatable bonds is 8. The number of nitrogens with zero attached hydrogens (tertiary/aromatic N) is 3. The number of aromatic nitrogens is 2. The minimum atomic E-state index is -3.48. The van der Waals surface area contributed by atoms with Crippen molar-refractivity contribution in [3.8, 4) is 5.75 Å². The SMILES string of the molecule is COc1cc(N2C(=S)N[C@H](c3ccccn3)[C@H]2c2cccn2Cc2ccco2)ccc1NS(C)(=O)=O. The number of furan rings is 1. The zero-order valence-electron chi connectivity index (χ0n) is 19.7. The maximum Gasteiger partial charge on any atom is 0.229 e. The molecule has 0 radical (unpaired) electrons. The van der Waals surface area contributed by atoms with Crippen molar-refractivity contribution in [1.29, 1.82) is 0 Å². The number of methoxy groups -OCH3 is 1. The van der Waals surface area contributed by atoms with Crippen LogP contribution in [0.25, 0.3) is 0 Å². The van der Waals surface area contributed by atoms with Gasteiger partial charge in [-0.1, -0.05) is 6.07 Å². The van der Waals surface area contributed by atoms with Crippen LogP contribution in [0.3, 0.4) is 0 Å². The lowest BCUT2D eigenvalue weighted by atomic mass is 10.0. The van der Waals surface area contributed by atoms with Gasteiger partial charge in [-0.15, -0.1) is 0 Å². The first kappa shape index (κ1) is 23.9. The minimum absolute atomic E-state index is 0.233. The van der Waals surface area contributed by atoms with E-state index in [1.165, 1.54) is 7.11 Å². The third kappa shape index (κ3) is 4.79. The van der Waals surface area contributed by atoms with Crippen LogP contribution in [0, 0.1) is 0 Å². The van der Waals surface area contributed by atoms with E-state index in [2.05, 4.69) is 25.7 Å². The molecule has 186 valence electrons. The second kappa shape index (κ2) is 9.67. The molecule has 0 aliphatic carbocycles. The molecular formula is C25H25N5O4S2. The van der Waals surface area contributed by atoms with Crippen LogP contribution in [0.4, 0.5) is 11.4 Å². The number of nitrogens with one attached hydrogen (secondary N) is 2. The highest BCUT2D eigenvalue weighted by Gasteiger charge is 2.42. The fourth-order valence-corrected chi connectivity index (χ4v) is 5.37. The van der Waals surface area contributed by atoms with Crippen LogP contribution in [0.1, 0.15) is 29.2 Å². The van der Waals surface area contributed by atoms with Crippen molar-refractivity contribution in [1.82, 2.24) is 14.9 Å². The number of anilines is 2. The van der Waals surface area contributed by atoms with E-state index in [4.69, 9.17) is 21.4 Å².